The third kappa shape index (κ3) is 3.87. The van der Waals surface area contributed by atoms with E-state index in [9.17, 15) is 9.59 Å². The first-order valence-corrected chi connectivity index (χ1v) is 7.26. The van der Waals surface area contributed by atoms with Crippen molar-refractivity contribution in [1.29, 1.82) is 0 Å². The maximum absolute atomic E-state index is 12.2. The predicted molar refractivity (Wildman–Crippen MR) is 83.4 cm³/mol. The van der Waals surface area contributed by atoms with Gasteiger partial charge in [-0.2, -0.15) is 0 Å². The minimum absolute atomic E-state index is 0.136. The SMILES string of the molecule is CC(=O)OC(C)(C)C(=O)N[C@@H](C)Cc1cc2ccccc2o1. The van der Waals surface area contributed by atoms with E-state index >= 15 is 0 Å². The summed E-state index contributed by atoms with van der Waals surface area (Å²) in [6.07, 6.45) is 0.566. The van der Waals surface area contributed by atoms with Crippen molar-refractivity contribution in [3.05, 3.63) is 36.1 Å². The van der Waals surface area contributed by atoms with Gasteiger partial charge in [-0.05, 0) is 32.9 Å². The molecular weight excluding hydrogens is 282 g/mol. The molecule has 2 rings (SSSR count). The van der Waals surface area contributed by atoms with Gasteiger partial charge in [0, 0.05) is 24.8 Å². The highest BCUT2D eigenvalue weighted by Gasteiger charge is 2.31. The summed E-state index contributed by atoms with van der Waals surface area (Å²) in [7, 11) is 0. The minimum Gasteiger partial charge on any atom is -0.461 e. The Labute approximate surface area is 129 Å². The Hall–Kier alpha value is -2.30. The zero-order valence-corrected chi connectivity index (χ0v) is 13.3. The number of amides is 1. The molecule has 1 aromatic carbocycles. The van der Waals surface area contributed by atoms with Gasteiger partial charge in [-0.15, -0.1) is 0 Å². The number of fused-ring (bicyclic) bond motifs is 1. The van der Waals surface area contributed by atoms with E-state index in [0.29, 0.717) is 6.42 Å². The van der Waals surface area contributed by atoms with Gasteiger partial charge in [0.25, 0.3) is 5.91 Å². The molecule has 0 unspecified atom stereocenters. The van der Waals surface area contributed by atoms with Crippen molar-refractivity contribution in [1.82, 2.24) is 5.32 Å². The number of ether oxygens (including phenoxy) is 1. The second-order valence-corrected chi connectivity index (χ2v) is 5.93. The summed E-state index contributed by atoms with van der Waals surface area (Å²) in [4.78, 5) is 23.2. The van der Waals surface area contributed by atoms with Crippen LogP contribution in [0, 0.1) is 0 Å². The van der Waals surface area contributed by atoms with E-state index in [1.165, 1.54) is 6.92 Å². The third-order valence-electron chi connectivity index (χ3n) is 3.31. The molecule has 0 radical (unpaired) electrons. The number of carbonyl (C=O) groups is 2. The fourth-order valence-corrected chi connectivity index (χ4v) is 2.29. The highest BCUT2D eigenvalue weighted by atomic mass is 16.6. The van der Waals surface area contributed by atoms with Crippen LogP contribution in [0.2, 0.25) is 0 Å². The summed E-state index contributed by atoms with van der Waals surface area (Å²) in [5.74, 6) is -0.00399. The lowest BCUT2D eigenvalue weighted by atomic mass is 10.1. The van der Waals surface area contributed by atoms with Gasteiger partial charge in [0.2, 0.25) is 0 Å². The van der Waals surface area contributed by atoms with Crippen molar-refractivity contribution in [2.45, 2.75) is 45.8 Å². The molecule has 0 bridgehead atoms. The molecule has 1 amide bonds. The Balaban J connectivity index is 1.98. The van der Waals surface area contributed by atoms with Gasteiger partial charge in [0.1, 0.15) is 11.3 Å². The molecule has 1 atom stereocenters. The van der Waals surface area contributed by atoms with Crippen molar-refractivity contribution in [3.8, 4) is 0 Å². The lowest BCUT2D eigenvalue weighted by Crippen LogP contribution is -2.48. The number of nitrogens with one attached hydrogen (secondary N) is 1. The normalized spacial score (nSPS) is 12.9. The van der Waals surface area contributed by atoms with Crippen molar-refractivity contribution in [3.63, 3.8) is 0 Å². The van der Waals surface area contributed by atoms with Crippen LogP contribution in [0.15, 0.2) is 34.7 Å². The molecule has 0 saturated carbocycles. The maximum Gasteiger partial charge on any atom is 0.303 e. The van der Waals surface area contributed by atoms with E-state index in [1.54, 1.807) is 13.8 Å². The number of hydrogen-bond acceptors (Lipinski definition) is 4. The van der Waals surface area contributed by atoms with Gasteiger partial charge >= 0.3 is 5.97 Å². The number of rotatable bonds is 5. The average Bonchev–Trinajstić information content (AvgIpc) is 2.78. The van der Waals surface area contributed by atoms with E-state index in [4.69, 9.17) is 9.15 Å². The molecule has 1 N–H and O–H groups in total. The minimum atomic E-state index is -1.19. The molecule has 5 heteroatoms. The van der Waals surface area contributed by atoms with E-state index in [2.05, 4.69) is 5.32 Å². The lowest BCUT2D eigenvalue weighted by molar-refractivity contribution is -0.163. The van der Waals surface area contributed by atoms with E-state index in [0.717, 1.165) is 16.7 Å². The topological polar surface area (TPSA) is 68.5 Å². The third-order valence-corrected chi connectivity index (χ3v) is 3.31. The first-order chi connectivity index (χ1) is 10.3. The van der Waals surface area contributed by atoms with Crippen LogP contribution in [0.25, 0.3) is 11.0 Å². The Morgan fingerprint density at radius 1 is 1.32 bits per heavy atom. The molecule has 22 heavy (non-hydrogen) atoms. The largest absolute Gasteiger partial charge is 0.461 e. The first kappa shape index (κ1) is 16.1. The van der Waals surface area contributed by atoms with E-state index in [-0.39, 0.29) is 11.9 Å². The van der Waals surface area contributed by atoms with Crippen LogP contribution in [0.5, 0.6) is 0 Å². The number of hydrogen-bond donors (Lipinski definition) is 1. The summed E-state index contributed by atoms with van der Waals surface area (Å²) in [5, 5.41) is 3.88. The Kier molecular flexibility index (Phi) is 4.54. The van der Waals surface area contributed by atoms with Crippen molar-refractivity contribution in [2.24, 2.45) is 0 Å². The Morgan fingerprint density at radius 2 is 2.00 bits per heavy atom. The molecule has 0 spiro atoms. The Bertz CT molecular complexity index is 654. The molecule has 1 aromatic heterocycles. The predicted octanol–water partition coefficient (Wildman–Crippen LogP) is 2.82. The van der Waals surface area contributed by atoms with Crippen molar-refractivity contribution >= 4 is 22.8 Å². The van der Waals surface area contributed by atoms with Crippen molar-refractivity contribution in [2.75, 3.05) is 0 Å². The second kappa shape index (κ2) is 6.22. The molecule has 2 aromatic rings. The van der Waals surface area contributed by atoms with E-state index < -0.39 is 11.6 Å². The quantitative estimate of drug-likeness (QED) is 0.862. The fraction of sp³-hybridized carbons (Fsp3) is 0.412. The number of para-hydroxylation sites is 1. The average molecular weight is 303 g/mol. The molecule has 118 valence electrons. The van der Waals surface area contributed by atoms with Crippen LogP contribution in [-0.4, -0.2) is 23.5 Å². The van der Waals surface area contributed by atoms with Gasteiger partial charge in [-0.25, -0.2) is 0 Å². The summed E-state index contributed by atoms with van der Waals surface area (Å²) >= 11 is 0. The van der Waals surface area contributed by atoms with Crippen LogP contribution in [-0.2, 0) is 20.7 Å². The molecule has 0 aliphatic heterocycles. The molecule has 0 aliphatic carbocycles. The summed E-state index contributed by atoms with van der Waals surface area (Å²) < 4.78 is 10.8. The smallest absolute Gasteiger partial charge is 0.303 e. The highest BCUT2D eigenvalue weighted by Crippen LogP contribution is 2.20. The van der Waals surface area contributed by atoms with Crippen LogP contribution < -0.4 is 5.32 Å². The van der Waals surface area contributed by atoms with Gasteiger partial charge < -0.3 is 14.5 Å². The summed E-state index contributed by atoms with van der Waals surface area (Å²) in [6, 6.07) is 9.59. The maximum atomic E-state index is 12.2. The number of furan rings is 1. The molecule has 0 aliphatic rings. The summed E-state index contributed by atoms with van der Waals surface area (Å²) in [6.45, 7) is 6.30. The van der Waals surface area contributed by atoms with Crippen molar-refractivity contribution < 1.29 is 18.7 Å². The lowest BCUT2D eigenvalue weighted by Gasteiger charge is -2.25. The second-order valence-electron chi connectivity index (χ2n) is 5.93. The van der Waals surface area contributed by atoms with Crippen LogP contribution >= 0.6 is 0 Å². The van der Waals surface area contributed by atoms with E-state index in [1.807, 2.05) is 37.3 Å². The standard InChI is InChI=1S/C17H21NO4/c1-11(18-16(20)17(3,4)22-12(2)19)9-14-10-13-7-5-6-8-15(13)21-14/h5-8,10-11H,9H2,1-4H3,(H,18,20)/t11-/m0/s1. The highest BCUT2D eigenvalue weighted by molar-refractivity contribution is 5.87. The number of benzene rings is 1. The Morgan fingerprint density at radius 3 is 2.64 bits per heavy atom. The fourth-order valence-electron chi connectivity index (χ4n) is 2.29. The summed E-state index contributed by atoms with van der Waals surface area (Å²) in [5.41, 5.74) is -0.357. The molecule has 0 saturated heterocycles. The van der Waals surface area contributed by atoms with Gasteiger partial charge in [-0.3, -0.25) is 9.59 Å². The monoisotopic (exact) mass is 303 g/mol. The molecule has 0 fully saturated rings. The molecule has 5 nitrogen and oxygen atoms in total. The molecule has 1 heterocycles. The van der Waals surface area contributed by atoms with Crippen LogP contribution in [0.1, 0.15) is 33.5 Å². The number of esters is 1. The van der Waals surface area contributed by atoms with Gasteiger partial charge in [-0.1, -0.05) is 18.2 Å². The zero-order valence-electron chi connectivity index (χ0n) is 13.3. The van der Waals surface area contributed by atoms with Crippen LogP contribution in [0.3, 0.4) is 0 Å². The molecular formula is C17H21NO4. The van der Waals surface area contributed by atoms with Gasteiger partial charge in [0.15, 0.2) is 5.60 Å². The number of carbonyl (C=O) groups excluding carboxylic acids is 2. The van der Waals surface area contributed by atoms with Gasteiger partial charge in [0.05, 0.1) is 0 Å². The zero-order chi connectivity index (χ0) is 16.3. The van der Waals surface area contributed by atoms with Crippen LogP contribution in [0.4, 0.5) is 0 Å². The first-order valence-electron chi connectivity index (χ1n) is 7.26.